The van der Waals surface area contributed by atoms with Gasteiger partial charge >= 0.3 is 0 Å². The quantitative estimate of drug-likeness (QED) is 0.546. The molecule has 20 heavy (non-hydrogen) atoms. The largest absolute Gasteiger partial charge is 0.369 e. The van der Waals surface area contributed by atoms with Crippen molar-refractivity contribution in [2.24, 2.45) is 5.84 Å². The third-order valence-corrected chi connectivity index (χ3v) is 5.66. The summed E-state index contributed by atoms with van der Waals surface area (Å²) in [5, 5.41) is 2.76. The summed E-state index contributed by atoms with van der Waals surface area (Å²) in [5.41, 5.74) is 2.50. The van der Waals surface area contributed by atoms with Crippen LogP contribution in [0.1, 0.15) is 38.4 Å². The molecule has 1 saturated heterocycles. The van der Waals surface area contributed by atoms with Crippen molar-refractivity contribution in [1.82, 2.24) is 9.97 Å². The Hall–Kier alpha value is -1.41. The lowest BCUT2D eigenvalue weighted by atomic mass is 10.2. The van der Waals surface area contributed by atoms with Crippen molar-refractivity contribution in [3.8, 4) is 0 Å². The Morgan fingerprint density at radius 3 is 2.65 bits per heavy atom. The number of nitrogens with zero attached hydrogens (tertiary/aromatic N) is 2. The molecule has 0 aliphatic carbocycles. The fourth-order valence-corrected chi connectivity index (χ4v) is 3.96. The lowest BCUT2D eigenvalue weighted by Gasteiger charge is -2.14. The van der Waals surface area contributed by atoms with Gasteiger partial charge in [-0.2, -0.15) is 0 Å². The second-order valence-corrected chi connectivity index (χ2v) is 7.71. The Bertz CT molecular complexity index is 573. The Balaban J connectivity index is 2.11. The molecule has 0 saturated carbocycles. The maximum absolute atomic E-state index is 11.8. The summed E-state index contributed by atoms with van der Waals surface area (Å²) < 4.78 is 23.6. The highest BCUT2D eigenvalue weighted by molar-refractivity contribution is 7.92. The van der Waals surface area contributed by atoms with E-state index in [9.17, 15) is 8.42 Å². The van der Waals surface area contributed by atoms with Gasteiger partial charge in [0.1, 0.15) is 17.5 Å². The summed E-state index contributed by atoms with van der Waals surface area (Å²) in [6.45, 7) is 4.35. The van der Waals surface area contributed by atoms with E-state index in [0.29, 0.717) is 30.4 Å². The maximum atomic E-state index is 11.8. The minimum atomic E-state index is -2.95. The first-order valence-electron chi connectivity index (χ1n) is 6.73. The molecule has 1 fully saturated rings. The molecular weight excluding hydrogens is 278 g/mol. The summed E-state index contributed by atoms with van der Waals surface area (Å²) >= 11 is 0. The van der Waals surface area contributed by atoms with Crippen LogP contribution in [-0.2, 0) is 9.84 Å². The van der Waals surface area contributed by atoms with Crippen molar-refractivity contribution in [2.75, 3.05) is 23.0 Å². The molecule has 0 bridgehead atoms. The van der Waals surface area contributed by atoms with Gasteiger partial charge in [-0.15, -0.1) is 0 Å². The van der Waals surface area contributed by atoms with Crippen LogP contribution in [0.2, 0.25) is 0 Å². The normalized spacial score (nSPS) is 21.1. The zero-order valence-electron chi connectivity index (χ0n) is 11.8. The summed E-state index contributed by atoms with van der Waals surface area (Å²) in [7, 11) is -2.95. The van der Waals surface area contributed by atoms with Crippen molar-refractivity contribution in [2.45, 2.75) is 37.9 Å². The molecule has 1 aromatic rings. The van der Waals surface area contributed by atoms with Crippen molar-refractivity contribution >= 4 is 21.5 Å². The zero-order chi connectivity index (χ0) is 14.8. The highest BCUT2D eigenvalue weighted by Crippen LogP contribution is 2.21. The molecule has 7 nitrogen and oxygen atoms in total. The van der Waals surface area contributed by atoms with Crippen LogP contribution in [0.5, 0.6) is 0 Å². The fourth-order valence-electron chi connectivity index (χ4n) is 2.19. The van der Waals surface area contributed by atoms with Crippen LogP contribution < -0.4 is 16.6 Å². The molecule has 112 valence electrons. The number of aromatic nitrogens is 2. The third kappa shape index (κ3) is 3.37. The van der Waals surface area contributed by atoms with Gasteiger partial charge in [-0.25, -0.2) is 24.2 Å². The van der Waals surface area contributed by atoms with Crippen molar-refractivity contribution < 1.29 is 8.42 Å². The molecule has 0 radical (unpaired) electrons. The van der Waals surface area contributed by atoms with E-state index in [1.165, 1.54) is 0 Å². The molecule has 1 atom stereocenters. The molecule has 0 aromatic carbocycles. The molecule has 8 heteroatoms. The van der Waals surface area contributed by atoms with Gasteiger partial charge in [0.15, 0.2) is 9.84 Å². The van der Waals surface area contributed by atoms with Gasteiger partial charge in [0, 0.05) is 18.5 Å². The van der Waals surface area contributed by atoms with E-state index in [4.69, 9.17) is 5.84 Å². The number of rotatable bonds is 5. The van der Waals surface area contributed by atoms with E-state index >= 15 is 0 Å². The van der Waals surface area contributed by atoms with Crippen LogP contribution >= 0.6 is 0 Å². The smallest absolute Gasteiger partial charge is 0.154 e. The molecular formula is C12H21N5O2S. The summed E-state index contributed by atoms with van der Waals surface area (Å²) in [4.78, 5) is 8.63. The number of hydrogen-bond donors (Lipinski definition) is 3. The first kappa shape index (κ1) is 15.0. The number of hydrogen-bond acceptors (Lipinski definition) is 7. The second-order valence-electron chi connectivity index (χ2n) is 5.31. The van der Waals surface area contributed by atoms with E-state index in [-0.39, 0.29) is 16.9 Å². The van der Waals surface area contributed by atoms with Crippen LogP contribution in [0.4, 0.5) is 11.6 Å². The molecule has 0 amide bonds. The standard InChI is InChI=1S/C12H21N5O2S/c1-8(2)12-15-10(6-11(16-12)17-13)14-7-9-4-3-5-20(9,18)19/h6,8-9H,3-5,7,13H2,1-2H3,(H2,14,15,16,17). The highest BCUT2D eigenvalue weighted by atomic mass is 32.2. The van der Waals surface area contributed by atoms with Gasteiger partial charge in [-0.05, 0) is 12.8 Å². The minimum absolute atomic E-state index is 0.166. The highest BCUT2D eigenvalue weighted by Gasteiger charge is 2.30. The summed E-state index contributed by atoms with van der Waals surface area (Å²) in [6.07, 6.45) is 1.45. The molecule has 0 spiro atoms. The lowest BCUT2D eigenvalue weighted by molar-refractivity contribution is 0.591. The van der Waals surface area contributed by atoms with Gasteiger partial charge in [-0.3, -0.25) is 0 Å². The molecule has 1 unspecified atom stereocenters. The van der Waals surface area contributed by atoms with E-state index < -0.39 is 9.84 Å². The Morgan fingerprint density at radius 2 is 2.10 bits per heavy atom. The number of nitrogens with one attached hydrogen (secondary N) is 2. The van der Waals surface area contributed by atoms with Crippen molar-refractivity contribution in [1.29, 1.82) is 0 Å². The van der Waals surface area contributed by atoms with E-state index in [0.717, 1.165) is 6.42 Å². The van der Waals surface area contributed by atoms with Gasteiger partial charge in [0.2, 0.25) is 0 Å². The molecule has 2 heterocycles. The molecule has 4 N–H and O–H groups in total. The van der Waals surface area contributed by atoms with E-state index in [1.807, 2.05) is 13.8 Å². The van der Waals surface area contributed by atoms with Crippen LogP contribution in [0.3, 0.4) is 0 Å². The fraction of sp³-hybridized carbons (Fsp3) is 0.667. The van der Waals surface area contributed by atoms with Gasteiger partial charge in [-0.1, -0.05) is 13.8 Å². The number of hydrazine groups is 1. The Labute approximate surface area is 119 Å². The summed E-state index contributed by atoms with van der Waals surface area (Å²) in [5.74, 6) is 7.61. The lowest BCUT2D eigenvalue weighted by Crippen LogP contribution is -2.25. The van der Waals surface area contributed by atoms with Crippen molar-refractivity contribution in [3.05, 3.63) is 11.9 Å². The molecule has 2 rings (SSSR count). The monoisotopic (exact) mass is 299 g/mol. The molecule has 1 aromatic heterocycles. The minimum Gasteiger partial charge on any atom is -0.369 e. The van der Waals surface area contributed by atoms with E-state index in [1.54, 1.807) is 6.07 Å². The average molecular weight is 299 g/mol. The SMILES string of the molecule is CC(C)c1nc(NN)cc(NCC2CCCS2(=O)=O)n1. The van der Waals surface area contributed by atoms with E-state index in [2.05, 4.69) is 20.7 Å². The predicted molar refractivity (Wildman–Crippen MR) is 79.2 cm³/mol. The number of sulfone groups is 1. The zero-order valence-corrected chi connectivity index (χ0v) is 12.6. The van der Waals surface area contributed by atoms with Gasteiger partial charge in [0.05, 0.1) is 11.0 Å². The third-order valence-electron chi connectivity index (χ3n) is 3.38. The number of nitrogens with two attached hydrogens (primary N) is 1. The maximum Gasteiger partial charge on any atom is 0.154 e. The van der Waals surface area contributed by atoms with Crippen LogP contribution in [0.25, 0.3) is 0 Å². The first-order chi connectivity index (χ1) is 9.42. The second kappa shape index (κ2) is 5.92. The van der Waals surface area contributed by atoms with Crippen molar-refractivity contribution in [3.63, 3.8) is 0 Å². The number of anilines is 2. The number of nitrogen functional groups attached to an aromatic ring is 1. The van der Waals surface area contributed by atoms with Crippen LogP contribution in [0, 0.1) is 0 Å². The first-order valence-corrected chi connectivity index (χ1v) is 8.45. The summed E-state index contributed by atoms with van der Waals surface area (Å²) in [6, 6.07) is 1.67. The molecule has 1 aliphatic rings. The predicted octanol–water partition coefficient (Wildman–Crippen LogP) is 0.875. The van der Waals surface area contributed by atoms with Gasteiger partial charge < -0.3 is 10.7 Å². The Kier molecular flexibility index (Phi) is 4.44. The van der Waals surface area contributed by atoms with Crippen LogP contribution in [0.15, 0.2) is 6.07 Å². The Morgan fingerprint density at radius 1 is 1.40 bits per heavy atom. The average Bonchev–Trinajstić information content (AvgIpc) is 2.74. The molecule has 1 aliphatic heterocycles. The van der Waals surface area contributed by atoms with Crippen LogP contribution in [-0.4, -0.2) is 35.9 Å². The van der Waals surface area contributed by atoms with Gasteiger partial charge in [0.25, 0.3) is 0 Å². The topological polar surface area (TPSA) is 110 Å².